The third-order valence-corrected chi connectivity index (χ3v) is 13.1. The summed E-state index contributed by atoms with van der Waals surface area (Å²) in [7, 11) is 0. The Balaban J connectivity index is 0. The van der Waals surface area contributed by atoms with Crippen LogP contribution in [0.15, 0.2) is 0 Å². The van der Waals surface area contributed by atoms with Crippen LogP contribution in [0, 0.1) is 0 Å². The number of unbranched alkanes of at least 4 members (excludes halogenated alkanes) is 6. The Morgan fingerprint density at radius 3 is 0.923 bits per heavy atom. The molecule has 0 aliphatic rings. The van der Waals surface area contributed by atoms with Crippen LogP contribution in [0.2, 0.25) is 13.1 Å². The Kier molecular flexibility index (Phi) is 28.7. The average molecular weight is 478 g/mol. The van der Waals surface area contributed by atoms with Gasteiger partial charge in [-0.15, -0.1) is 0 Å². The topological polar surface area (TPSA) is 3.24 Å². The quantitative estimate of drug-likeness (QED) is 0.178. The zero-order chi connectivity index (χ0) is 19.9. The molecular weight excluding hydrogens is 424 g/mol. The Morgan fingerprint density at radius 2 is 0.692 bits per heavy atom. The summed E-state index contributed by atoms with van der Waals surface area (Å²) in [6, 6.07) is 0. The van der Waals surface area contributed by atoms with Crippen LogP contribution in [0.5, 0.6) is 0 Å². The zero-order valence-corrected chi connectivity index (χ0v) is 22.2. The molecule has 0 rings (SSSR count). The van der Waals surface area contributed by atoms with E-state index in [1.165, 1.54) is 96.7 Å². The fourth-order valence-corrected chi connectivity index (χ4v) is 11.4. The van der Waals surface area contributed by atoms with Crippen molar-refractivity contribution < 1.29 is 0 Å². The van der Waals surface area contributed by atoms with E-state index >= 15 is 0 Å². The standard InChI is InChI=1S/C12H27N.3C4H9.Sb/c1-4-7-10-13(11-8-5-2)12-9-6-3;3*1-3-4-2;/h4-12H2,1-3H3;3*1,3-4H2,2H3;. The van der Waals surface area contributed by atoms with Crippen molar-refractivity contribution in [1.29, 1.82) is 0 Å². The van der Waals surface area contributed by atoms with Gasteiger partial charge in [0.2, 0.25) is 0 Å². The van der Waals surface area contributed by atoms with Crippen LogP contribution in [0.4, 0.5) is 0 Å². The van der Waals surface area contributed by atoms with E-state index in [9.17, 15) is 0 Å². The second kappa shape index (κ2) is 25.8. The molecule has 1 nitrogen and oxygen atoms in total. The summed E-state index contributed by atoms with van der Waals surface area (Å²) in [5, 5.41) is 0. The van der Waals surface area contributed by atoms with E-state index in [2.05, 4.69) is 46.4 Å². The molecule has 0 aliphatic carbocycles. The molecule has 0 N–H and O–H groups in total. The van der Waals surface area contributed by atoms with Gasteiger partial charge in [-0.3, -0.25) is 0 Å². The van der Waals surface area contributed by atoms with Crippen LogP contribution in [-0.2, 0) is 0 Å². The Morgan fingerprint density at radius 1 is 0.423 bits per heavy atom. The van der Waals surface area contributed by atoms with Gasteiger partial charge < -0.3 is 4.90 Å². The molecule has 0 atom stereocenters. The first-order valence-corrected chi connectivity index (χ1v) is 17.6. The number of nitrogens with zero attached hydrogens (tertiary/aromatic N) is 1. The predicted octanol–water partition coefficient (Wildman–Crippen LogP) is 8.57. The molecular formula is C24H54NSb. The van der Waals surface area contributed by atoms with Crippen molar-refractivity contribution in [2.75, 3.05) is 19.6 Å². The summed E-state index contributed by atoms with van der Waals surface area (Å²) in [5.74, 6) is 0. The third kappa shape index (κ3) is 22.8. The summed E-state index contributed by atoms with van der Waals surface area (Å²) >= 11 is -0.712. The molecule has 26 heavy (non-hydrogen) atoms. The maximum atomic E-state index is 2.64. The van der Waals surface area contributed by atoms with E-state index in [1.807, 2.05) is 0 Å². The van der Waals surface area contributed by atoms with Gasteiger partial charge in [0.15, 0.2) is 0 Å². The van der Waals surface area contributed by atoms with Crippen LogP contribution in [-0.4, -0.2) is 44.7 Å². The van der Waals surface area contributed by atoms with Crippen molar-refractivity contribution in [3.8, 4) is 0 Å². The molecule has 0 radical (unpaired) electrons. The molecule has 0 heterocycles. The van der Waals surface area contributed by atoms with Gasteiger partial charge in [0.05, 0.1) is 0 Å². The second-order valence-electron chi connectivity index (χ2n) is 7.80. The summed E-state index contributed by atoms with van der Waals surface area (Å²) in [6.45, 7) is 17.8. The third-order valence-electron chi connectivity index (χ3n) is 4.97. The number of hydrogen-bond donors (Lipinski definition) is 0. The Hall–Kier alpha value is 0.778. The minimum absolute atomic E-state index is 0.712. The van der Waals surface area contributed by atoms with Gasteiger partial charge in [-0.2, -0.15) is 0 Å². The first-order valence-electron chi connectivity index (χ1n) is 12.1. The SMILES string of the molecule is CCCCN(CCCC)CCCC.CCC[CH2][Sb]([CH2]CCC)[CH2]CCC. The molecule has 0 amide bonds. The normalized spacial score (nSPS) is 11.1. The van der Waals surface area contributed by atoms with Gasteiger partial charge in [0, 0.05) is 0 Å². The van der Waals surface area contributed by atoms with Gasteiger partial charge >= 0.3 is 92.6 Å². The molecule has 0 aromatic rings. The molecule has 0 saturated heterocycles. The van der Waals surface area contributed by atoms with Gasteiger partial charge in [-0.1, -0.05) is 40.0 Å². The first-order chi connectivity index (χ1) is 12.7. The molecule has 0 spiro atoms. The van der Waals surface area contributed by atoms with Crippen molar-refractivity contribution in [2.45, 2.75) is 132 Å². The number of rotatable bonds is 18. The van der Waals surface area contributed by atoms with Crippen LogP contribution < -0.4 is 0 Å². The van der Waals surface area contributed by atoms with Crippen molar-refractivity contribution >= 4 is 20.2 Å². The average Bonchev–Trinajstić information content (AvgIpc) is 2.67. The van der Waals surface area contributed by atoms with E-state index in [4.69, 9.17) is 0 Å². The van der Waals surface area contributed by atoms with E-state index in [-0.39, 0.29) is 0 Å². The predicted molar refractivity (Wildman–Crippen MR) is 126 cm³/mol. The molecule has 0 aromatic carbocycles. The molecule has 0 aromatic heterocycles. The molecule has 160 valence electrons. The molecule has 0 bridgehead atoms. The molecule has 2 heteroatoms. The van der Waals surface area contributed by atoms with Crippen LogP contribution in [0.3, 0.4) is 0 Å². The molecule has 0 fully saturated rings. The van der Waals surface area contributed by atoms with E-state index < -0.39 is 20.2 Å². The fourth-order valence-electron chi connectivity index (χ4n) is 2.96. The first kappa shape index (κ1) is 29.0. The summed E-state index contributed by atoms with van der Waals surface area (Å²) in [5.41, 5.74) is 0. The van der Waals surface area contributed by atoms with Crippen molar-refractivity contribution in [3.63, 3.8) is 0 Å². The van der Waals surface area contributed by atoms with Crippen molar-refractivity contribution in [2.24, 2.45) is 0 Å². The molecule has 0 aliphatic heterocycles. The number of hydrogen-bond acceptors (Lipinski definition) is 1. The summed E-state index contributed by atoms with van der Waals surface area (Å²) in [6.07, 6.45) is 16.9. The van der Waals surface area contributed by atoms with Crippen LogP contribution in [0.1, 0.15) is 119 Å². The van der Waals surface area contributed by atoms with Crippen LogP contribution >= 0.6 is 0 Å². The summed E-state index contributed by atoms with van der Waals surface area (Å²) < 4.78 is 5.00. The second-order valence-corrected chi connectivity index (χ2v) is 15.5. The van der Waals surface area contributed by atoms with E-state index in [1.54, 1.807) is 13.1 Å². The fraction of sp³-hybridized carbons (Fsp3) is 1.00. The minimum atomic E-state index is -0.712. The van der Waals surface area contributed by atoms with Crippen molar-refractivity contribution in [3.05, 3.63) is 0 Å². The van der Waals surface area contributed by atoms with Gasteiger partial charge in [0.1, 0.15) is 0 Å². The maximum absolute atomic E-state index is 2.64. The van der Waals surface area contributed by atoms with Gasteiger partial charge in [0.25, 0.3) is 0 Å². The van der Waals surface area contributed by atoms with Crippen LogP contribution in [0.25, 0.3) is 0 Å². The van der Waals surface area contributed by atoms with Gasteiger partial charge in [-0.05, 0) is 38.9 Å². The van der Waals surface area contributed by atoms with E-state index in [0.717, 1.165) is 0 Å². The molecule has 0 unspecified atom stereocenters. The molecule has 0 saturated carbocycles. The summed E-state index contributed by atoms with van der Waals surface area (Å²) in [4.78, 5) is 2.64. The zero-order valence-electron chi connectivity index (χ0n) is 19.6. The van der Waals surface area contributed by atoms with Gasteiger partial charge in [-0.25, -0.2) is 0 Å². The monoisotopic (exact) mass is 477 g/mol. The van der Waals surface area contributed by atoms with Crippen molar-refractivity contribution in [1.82, 2.24) is 4.90 Å². The Labute approximate surface area is 176 Å². The van der Waals surface area contributed by atoms with E-state index in [0.29, 0.717) is 0 Å². The Bertz CT molecular complexity index is 170.